The summed E-state index contributed by atoms with van der Waals surface area (Å²) in [5.41, 5.74) is 7.14. The maximum absolute atomic E-state index is 13.6. The number of hydrogen-bond acceptors (Lipinski definition) is 2. The number of nitrogens with zero attached hydrogens (tertiary/aromatic N) is 2. The number of aryl methyl sites for hydroxylation is 1. The molecule has 2 N–H and O–H groups in total. The molecule has 0 amide bonds. The summed E-state index contributed by atoms with van der Waals surface area (Å²) >= 11 is 1.93. The van der Waals surface area contributed by atoms with Gasteiger partial charge in [0.15, 0.2) is 0 Å². The number of nitrogen functional groups attached to an aromatic ring is 1. The van der Waals surface area contributed by atoms with Crippen LogP contribution in [0, 0.1) is 9.39 Å². The van der Waals surface area contributed by atoms with E-state index in [1.165, 1.54) is 6.07 Å². The van der Waals surface area contributed by atoms with E-state index in [1.807, 2.05) is 33.4 Å². The Morgan fingerprint density at radius 1 is 1.47 bits per heavy atom. The molecule has 1 heterocycles. The Labute approximate surface area is 113 Å². The van der Waals surface area contributed by atoms with Crippen molar-refractivity contribution >= 4 is 28.3 Å². The van der Waals surface area contributed by atoms with E-state index in [4.69, 9.17) is 5.73 Å². The Morgan fingerprint density at radius 2 is 2.24 bits per heavy atom. The van der Waals surface area contributed by atoms with Gasteiger partial charge >= 0.3 is 0 Å². The third-order valence-corrected chi connectivity index (χ3v) is 3.35. The highest BCUT2D eigenvalue weighted by molar-refractivity contribution is 14.1. The van der Waals surface area contributed by atoms with E-state index in [0.29, 0.717) is 14.9 Å². The molecule has 0 aliphatic rings. The van der Waals surface area contributed by atoms with Crippen molar-refractivity contribution in [2.24, 2.45) is 0 Å². The van der Waals surface area contributed by atoms with Crippen LogP contribution in [0.4, 0.5) is 10.1 Å². The molecule has 2 rings (SSSR count). The van der Waals surface area contributed by atoms with Gasteiger partial charge in [-0.25, -0.2) is 9.37 Å². The third-order valence-electron chi connectivity index (χ3n) is 2.52. The lowest BCUT2D eigenvalue weighted by atomic mass is 10.2. The maximum Gasteiger partial charge on any atom is 0.138 e. The van der Waals surface area contributed by atoms with E-state index in [-0.39, 0.29) is 5.82 Å². The van der Waals surface area contributed by atoms with Gasteiger partial charge in [0.2, 0.25) is 0 Å². The number of aromatic nitrogens is 2. The zero-order valence-electron chi connectivity index (χ0n) is 9.45. The van der Waals surface area contributed by atoms with Gasteiger partial charge in [0, 0.05) is 24.9 Å². The van der Waals surface area contributed by atoms with Gasteiger partial charge in [0.05, 0.1) is 14.9 Å². The van der Waals surface area contributed by atoms with E-state index in [1.54, 1.807) is 12.3 Å². The van der Waals surface area contributed by atoms with Crippen molar-refractivity contribution in [3.05, 3.63) is 39.7 Å². The molecule has 2 aromatic rings. The first-order chi connectivity index (χ1) is 8.13. The number of rotatable bonds is 3. The fourth-order valence-electron chi connectivity index (χ4n) is 1.72. The Morgan fingerprint density at radius 3 is 2.94 bits per heavy atom. The lowest BCUT2D eigenvalue weighted by Crippen LogP contribution is -2.05. The van der Waals surface area contributed by atoms with E-state index < -0.39 is 0 Å². The van der Waals surface area contributed by atoms with Gasteiger partial charge in [0.1, 0.15) is 11.6 Å². The minimum atomic E-state index is -0.258. The molecule has 3 nitrogen and oxygen atoms in total. The second-order valence-corrected chi connectivity index (χ2v) is 4.95. The molecular weight excluding hydrogens is 332 g/mol. The number of hydrogen-bond donors (Lipinski definition) is 1. The molecule has 0 saturated carbocycles. The monoisotopic (exact) mass is 345 g/mol. The minimum Gasteiger partial charge on any atom is -0.397 e. The molecule has 0 unspecified atom stereocenters. The predicted octanol–water partition coefficient (Wildman–Crippen LogP) is 3.15. The Kier molecular flexibility index (Phi) is 3.66. The van der Waals surface area contributed by atoms with Crippen molar-refractivity contribution < 1.29 is 4.39 Å². The molecular formula is C12H13FIN3. The summed E-state index contributed by atoms with van der Waals surface area (Å²) in [6.07, 6.45) is 5.35. The predicted molar refractivity (Wildman–Crippen MR) is 74.6 cm³/mol. The highest BCUT2D eigenvalue weighted by Gasteiger charge is 2.10. The standard InChI is InChI=1S/C12H13FIN3/c1-2-3-12-16-4-5-17(12)11-6-8(13)9(14)7-10(11)15/h4-7H,2-3,15H2,1H3. The molecule has 1 aromatic carbocycles. The van der Waals surface area contributed by atoms with Gasteiger partial charge in [-0.2, -0.15) is 0 Å². The molecule has 5 heteroatoms. The van der Waals surface area contributed by atoms with Crippen LogP contribution in [0.1, 0.15) is 19.2 Å². The molecule has 0 spiro atoms. The smallest absolute Gasteiger partial charge is 0.138 e. The molecule has 0 atom stereocenters. The van der Waals surface area contributed by atoms with Crippen molar-refractivity contribution in [1.29, 1.82) is 0 Å². The van der Waals surface area contributed by atoms with Crippen molar-refractivity contribution in [1.82, 2.24) is 9.55 Å². The van der Waals surface area contributed by atoms with Crippen molar-refractivity contribution in [2.45, 2.75) is 19.8 Å². The van der Waals surface area contributed by atoms with Crippen LogP contribution < -0.4 is 5.73 Å². The summed E-state index contributed by atoms with van der Waals surface area (Å²) < 4.78 is 15.9. The lowest BCUT2D eigenvalue weighted by Gasteiger charge is -2.11. The lowest BCUT2D eigenvalue weighted by molar-refractivity contribution is 0.619. The van der Waals surface area contributed by atoms with Crippen LogP contribution in [0.2, 0.25) is 0 Å². The topological polar surface area (TPSA) is 43.8 Å². The second-order valence-electron chi connectivity index (χ2n) is 3.79. The minimum absolute atomic E-state index is 0.258. The molecule has 0 saturated heterocycles. The average molecular weight is 345 g/mol. The van der Waals surface area contributed by atoms with Crippen molar-refractivity contribution in [3.8, 4) is 5.69 Å². The van der Waals surface area contributed by atoms with Crippen LogP contribution in [0.25, 0.3) is 5.69 Å². The Balaban J connectivity index is 2.52. The molecule has 90 valence electrons. The normalized spacial score (nSPS) is 10.8. The van der Waals surface area contributed by atoms with E-state index >= 15 is 0 Å². The van der Waals surface area contributed by atoms with Gasteiger partial charge in [-0.15, -0.1) is 0 Å². The summed E-state index contributed by atoms with van der Waals surface area (Å²) in [6, 6.07) is 3.10. The van der Waals surface area contributed by atoms with Crippen molar-refractivity contribution in [2.75, 3.05) is 5.73 Å². The zero-order chi connectivity index (χ0) is 12.4. The molecule has 1 aromatic heterocycles. The number of halogens is 2. The summed E-state index contributed by atoms with van der Waals surface area (Å²) in [7, 11) is 0. The van der Waals surface area contributed by atoms with Crippen LogP contribution in [0.3, 0.4) is 0 Å². The highest BCUT2D eigenvalue weighted by atomic mass is 127. The molecule has 0 fully saturated rings. The first kappa shape index (κ1) is 12.3. The molecule has 0 aliphatic carbocycles. The van der Waals surface area contributed by atoms with E-state index in [9.17, 15) is 4.39 Å². The zero-order valence-corrected chi connectivity index (χ0v) is 11.6. The molecule has 17 heavy (non-hydrogen) atoms. The fraction of sp³-hybridized carbons (Fsp3) is 0.250. The Bertz CT molecular complexity index is 537. The first-order valence-corrected chi connectivity index (χ1v) is 6.48. The average Bonchev–Trinajstić information content (AvgIpc) is 2.72. The maximum atomic E-state index is 13.6. The van der Waals surface area contributed by atoms with Crippen LogP contribution in [-0.2, 0) is 6.42 Å². The van der Waals surface area contributed by atoms with Crippen LogP contribution >= 0.6 is 22.6 Å². The van der Waals surface area contributed by atoms with E-state index in [0.717, 1.165) is 18.7 Å². The van der Waals surface area contributed by atoms with E-state index in [2.05, 4.69) is 11.9 Å². The SMILES string of the molecule is CCCc1nccn1-c1cc(F)c(I)cc1N. The van der Waals surface area contributed by atoms with Gasteiger partial charge in [0.25, 0.3) is 0 Å². The van der Waals surface area contributed by atoms with Gasteiger partial charge in [-0.1, -0.05) is 6.92 Å². The fourth-order valence-corrected chi connectivity index (χ4v) is 2.21. The van der Waals surface area contributed by atoms with Gasteiger partial charge in [-0.05, 0) is 35.1 Å². The number of nitrogens with two attached hydrogens (primary N) is 1. The summed E-state index contributed by atoms with van der Waals surface area (Å²) in [5.74, 6) is 0.644. The van der Waals surface area contributed by atoms with Crippen molar-refractivity contribution in [3.63, 3.8) is 0 Å². The summed E-state index contributed by atoms with van der Waals surface area (Å²) in [4.78, 5) is 4.26. The molecule has 0 bridgehead atoms. The molecule has 0 aliphatic heterocycles. The number of anilines is 1. The first-order valence-electron chi connectivity index (χ1n) is 5.40. The summed E-state index contributed by atoms with van der Waals surface area (Å²) in [6.45, 7) is 2.08. The quantitative estimate of drug-likeness (QED) is 0.686. The van der Waals surface area contributed by atoms with Crippen LogP contribution in [0.15, 0.2) is 24.5 Å². The van der Waals surface area contributed by atoms with Gasteiger partial charge < -0.3 is 10.3 Å². The number of imidazole rings is 1. The van der Waals surface area contributed by atoms with Crippen LogP contribution in [0.5, 0.6) is 0 Å². The third kappa shape index (κ3) is 2.43. The second kappa shape index (κ2) is 5.03. The largest absolute Gasteiger partial charge is 0.397 e. The number of benzene rings is 1. The highest BCUT2D eigenvalue weighted by Crippen LogP contribution is 2.24. The molecule has 0 radical (unpaired) electrons. The Hall–Kier alpha value is -1.11. The van der Waals surface area contributed by atoms with Crippen LogP contribution in [-0.4, -0.2) is 9.55 Å². The van der Waals surface area contributed by atoms with Gasteiger partial charge in [-0.3, -0.25) is 0 Å². The summed E-state index contributed by atoms with van der Waals surface area (Å²) in [5, 5.41) is 0.